The quantitative estimate of drug-likeness (QED) is 0.671. The Morgan fingerprint density at radius 2 is 2.00 bits per heavy atom. The molecule has 0 spiro atoms. The fraction of sp³-hybridized carbons (Fsp3) is 0.533. The van der Waals surface area contributed by atoms with Gasteiger partial charge in [-0.1, -0.05) is 25.1 Å². The van der Waals surface area contributed by atoms with Crippen molar-refractivity contribution in [2.45, 2.75) is 38.6 Å². The Morgan fingerprint density at radius 1 is 1.32 bits per heavy atom. The van der Waals surface area contributed by atoms with Gasteiger partial charge in [0.25, 0.3) is 0 Å². The molecule has 0 bridgehead atoms. The lowest BCUT2D eigenvalue weighted by molar-refractivity contribution is -0.124. The smallest absolute Gasteiger partial charge is 0.237 e. The molecule has 0 saturated heterocycles. The van der Waals surface area contributed by atoms with Crippen LogP contribution in [0, 0.1) is 0 Å². The van der Waals surface area contributed by atoms with Crippen LogP contribution in [-0.4, -0.2) is 24.6 Å². The van der Waals surface area contributed by atoms with Crippen LogP contribution in [0.15, 0.2) is 30.3 Å². The summed E-state index contributed by atoms with van der Waals surface area (Å²) in [4.78, 5) is 11.4. The van der Waals surface area contributed by atoms with E-state index in [0.29, 0.717) is 6.61 Å². The summed E-state index contributed by atoms with van der Waals surface area (Å²) in [5.74, 6) is 0.588. The van der Waals surface area contributed by atoms with Crippen molar-refractivity contribution in [3.8, 4) is 5.75 Å². The van der Waals surface area contributed by atoms with E-state index < -0.39 is 5.54 Å². The Bertz CT molecular complexity index is 381. The van der Waals surface area contributed by atoms with Crippen molar-refractivity contribution in [3.63, 3.8) is 0 Å². The SMILES string of the molecule is CCNC(C)(CCCCOc1ccccc1)C(N)=O. The van der Waals surface area contributed by atoms with Gasteiger partial charge in [-0.3, -0.25) is 4.79 Å². The summed E-state index contributed by atoms with van der Waals surface area (Å²) < 4.78 is 5.60. The lowest BCUT2D eigenvalue weighted by Gasteiger charge is -2.26. The van der Waals surface area contributed by atoms with E-state index in [1.165, 1.54) is 0 Å². The van der Waals surface area contributed by atoms with Crippen molar-refractivity contribution in [1.29, 1.82) is 0 Å². The summed E-state index contributed by atoms with van der Waals surface area (Å²) in [6.45, 7) is 5.22. The topological polar surface area (TPSA) is 64.3 Å². The molecule has 1 amide bonds. The maximum Gasteiger partial charge on any atom is 0.237 e. The second kappa shape index (κ2) is 7.79. The van der Waals surface area contributed by atoms with Crippen molar-refractivity contribution >= 4 is 5.91 Å². The van der Waals surface area contributed by atoms with E-state index in [4.69, 9.17) is 10.5 Å². The van der Waals surface area contributed by atoms with Crippen molar-refractivity contribution in [2.24, 2.45) is 5.73 Å². The minimum atomic E-state index is -0.610. The fourth-order valence-corrected chi connectivity index (χ4v) is 1.98. The predicted octanol–water partition coefficient (Wildman–Crippen LogP) is 2.09. The minimum absolute atomic E-state index is 0.293. The Labute approximate surface area is 115 Å². The second-order valence-electron chi connectivity index (χ2n) is 4.85. The Balaban J connectivity index is 2.24. The second-order valence-corrected chi connectivity index (χ2v) is 4.85. The van der Waals surface area contributed by atoms with Crippen LogP contribution in [0.4, 0.5) is 0 Å². The number of nitrogens with one attached hydrogen (secondary N) is 1. The largest absolute Gasteiger partial charge is 0.494 e. The lowest BCUT2D eigenvalue weighted by Crippen LogP contribution is -2.53. The summed E-state index contributed by atoms with van der Waals surface area (Å²) in [7, 11) is 0. The number of nitrogens with two attached hydrogens (primary N) is 1. The molecule has 0 saturated carbocycles. The Hall–Kier alpha value is -1.55. The average Bonchev–Trinajstić information content (AvgIpc) is 2.39. The van der Waals surface area contributed by atoms with Gasteiger partial charge in [0, 0.05) is 0 Å². The van der Waals surface area contributed by atoms with E-state index in [1.807, 2.05) is 44.2 Å². The molecular formula is C15H24N2O2. The third-order valence-electron chi connectivity index (χ3n) is 3.19. The van der Waals surface area contributed by atoms with Crippen molar-refractivity contribution in [1.82, 2.24) is 5.32 Å². The molecule has 0 radical (unpaired) electrons. The molecule has 19 heavy (non-hydrogen) atoms. The third kappa shape index (κ3) is 5.30. The number of rotatable bonds is 9. The van der Waals surface area contributed by atoms with E-state index in [-0.39, 0.29) is 5.91 Å². The van der Waals surface area contributed by atoms with E-state index in [1.54, 1.807) is 0 Å². The zero-order valence-electron chi connectivity index (χ0n) is 11.8. The van der Waals surface area contributed by atoms with Gasteiger partial charge >= 0.3 is 0 Å². The highest BCUT2D eigenvalue weighted by molar-refractivity contribution is 5.84. The minimum Gasteiger partial charge on any atom is -0.494 e. The summed E-state index contributed by atoms with van der Waals surface area (Å²) in [6.07, 6.45) is 2.54. The van der Waals surface area contributed by atoms with Crippen molar-refractivity contribution < 1.29 is 9.53 Å². The van der Waals surface area contributed by atoms with Gasteiger partial charge in [-0.05, 0) is 44.9 Å². The summed E-state index contributed by atoms with van der Waals surface area (Å²) in [5, 5.41) is 3.15. The number of para-hydroxylation sites is 1. The van der Waals surface area contributed by atoms with Crippen LogP contribution in [0.25, 0.3) is 0 Å². The molecule has 0 aliphatic carbocycles. The van der Waals surface area contributed by atoms with Gasteiger partial charge in [-0.2, -0.15) is 0 Å². The zero-order valence-corrected chi connectivity index (χ0v) is 11.8. The van der Waals surface area contributed by atoms with Crippen LogP contribution >= 0.6 is 0 Å². The van der Waals surface area contributed by atoms with Crippen LogP contribution in [0.3, 0.4) is 0 Å². The molecule has 3 N–H and O–H groups in total. The molecular weight excluding hydrogens is 240 g/mol. The molecule has 1 rings (SSSR count). The van der Waals surface area contributed by atoms with E-state index in [2.05, 4.69) is 5.32 Å². The molecule has 0 aliphatic rings. The summed E-state index contributed by atoms with van der Waals surface area (Å²) >= 11 is 0. The molecule has 0 aliphatic heterocycles. The first-order valence-electron chi connectivity index (χ1n) is 6.81. The predicted molar refractivity (Wildman–Crippen MR) is 77.1 cm³/mol. The lowest BCUT2D eigenvalue weighted by atomic mass is 9.94. The molecule has 1 unspecified atom stereocenters. The summed E-state index contributed by atoms with van der Waals surface area (Å²) in [5.41, 5.74) is 4.82. The number of amides is 1. The van der Waals surface area contributed by atoms with Crippen LogP contribution in [0.2, 0.25) is 0 Å². The highest BCUT2D eigenvalue weighted by atomic mass is 16.5. The standard InChI is InChI=1S/C15H24N2O2/c1-3-17-15(2,14(16)18)11-7-8-12-19-13-9-5-4-6-10-13/h4-6,9-10,17H,3,7-8,11-12H2,1-2H3,(H2,16,18). The van der Waals surface area contributed by atoms with E-state index in [0.717, 1.165) is 31.6 Å². The van der Waals surface area contributed by atoms with Gasteiger partial charge < -0.3 is 15.8 Å². The first kappa shape index (κ1) is 15.5. The maximum absolute atomic E-state index is 11.4. The number of primary amides is 1. The third-order valence-corrected chi connectivity index (χ3v) is 3.19. The first-order chi connectivity index (χ1) is 9.08. The van der Waals surface area contributed by atoms with Gasteiger partial charge in [0.05, 0.1) is 12.1 Å². The molecule has 4 heteroatoms. The number of carbonyl (C=O) groups is 1. The van der Waals surface area contributed by atoms with Gasteiger partial charge in [0.2, 0.25) is 5.91 Å². The number of hydrogen-bond acceptors (Lipinski definition) is 3. The number of benzene rings is 1. The number of likely N-dealkylation sites (N-methyl/N-ethyl adjacent to an activating group) is 1. The maximum atomic E-state index is 11.4. The average molecular weight is 264 g/mol. The van der Waals surface area contributed by atoms with Crippen molar-refractivity contribution in [2.75, 3.05) is 13.2 Å². The number of unbranched alkanes of at least 4 members (excludes halogenated alkanes) is 1. The molecule has 0 heterocycles. The van der Waals surface area contributed by atoms with Crippen LogP contribution in [0.5, 0.6) is 5.75 Å². The van der Waals surface area contributed by atoms with Gasteiger partial charge in [0.15, 0.2) is 0 Å². The molecule has 0 aromatic heterocycles. The molecule has 1 aromatic rings. The molecule has 4 nitrogen and oxygen atoms in total. The summed E-state index contributed by atoms with van der Waals surface area (Å²) in [6, 6.07) is 9.73. The van der Waals surface area contributed by atoms with Crippen LogP contribution in [0.1, 0.15) is 33.1 Å². The van der Waals surface area contributed by atoms with Gasteiger partial charge in [0.1, 0.15) is 5.75 Å². The normalized spacial score (nSPS) is 13.8. The molecule has 106 valence electrons. The Kier molecular flexibility index (Phi) is 6.36. The number of carbonyl (C=O) groups excluding carboxylic acids is 1. The fourth-order valence-electron chi connectivity index (χ4n) is 1.98. The molecule has 0 fully saturated rings. The number of ether oxygens (including phenoxy) is 1. The first-order valence-corrected chi connectivity index (χ1v) is 6.81. The molecule has 1 aromatic carbocycles. The number of hydrogen-bond donors (Lipinski definition) is 2. The van der Waals surface area contributed by atoms with E-state index >= 15 is 0 Å². The van der Waals surface area contributed by atoms with E-state index in [9.17, 15) is 4.79 Å². The van der Waals surface area contributed by atoms with Gasteiger partial charge in [-0.15, -0.1) is 0 Å². The van der Waals surface area contributed by atoms with Crippen molar-refractivity contribution in [3.05, 3.63) is 30.3 Å². The highest BCUT2D eigenvalue weighted by Crippen LogP contribution is 2.14. The highest BCUT2D eigenvalue weighted by Gasteiger charge is 2.28. The van der Waals surface area contributed by atoms with Crippen LogP contribution < -0.4 is 15.8 Å². The Morgan fingerprint density at radius 3 is 2.58 bits per heavy atom. The van der Waals surface area contributed by atoms with Crippen LogP contribution in [-0.2, 0) is 4.79 Å². The monoisotopic (exact) mass is 264 g/mol. The molecule has 1 atom stereocenters. The zero-order chi connectivity index (χ0) is 14.1. The van der Waals surface area contributed by atoms with Gasteiger partial charge in [-0.25, -0.2) is 0 Å².